The quantitative estimate of drug-likeness (QED) is 0.408. The van der Waals surface area contributed by atoms with Crippen LogP contribution in [0.1, 0.15) is 44.9 Å². The van der Waals surface area contributed by atoms with Crippen molar-refractivity contribution in [2.24, 2.45) is 0 Å². The summed E-state index contributed by atoms with van der Waals surface area (Å²) in [6.45, 7) is 0. The number of hydrogen-bond acceptors (Lipinski definition) is 3. The molecule has 0 amide bonds. The molecule has 20 heavy (non-hydrogen) atoms. The molecule has 0 aliphatic rings. The second kappa shape index (κ2) is 11.3. The lowest BCUT2D eigenvalue weighted by atomic mass is 10.1. The van der Waals surface area contributed by atoms with E-state index in [2.05, 4.69) is 5.32 Å². The van der Waals surface area contributed by atoms with Crippen LogP contribution in [0.3, 0.4) is 0 Å². The second-order valence-corrected chi connectivity index (χ2v) is 5.89. The summed E-state index contributed by atoms with van der Waals surface area (Å²) in [4.78, 5) is 0. The first kappa shape index (κ1) is 21.9. The average Bonchev–Trinajstić information content (AvgIpc) is 2.25. The SMILES string of the molecule is CNC.O=S(=O)(O)C(F)CCCCCCCC(F)(F)F. The first-order valence-corrected chi connectivity index (χ1v) is 7.80. The maximum atomic E-state index is 12.7. The summed E-state index contributed by atoms with van der Waals surface area (Å²) in [6.07, 6.45) is -3.71. The summed E-state index contributed by atoms with van der Waals surface area (Å²) in [7, 11) is -0.885. The minimum Gasteiger partial charge on any atom is -0.323 e. The molecular formula is C11H23F4NO3S. The fourth-order valence-corrected chi connectivity index (χ4v) is 1.77. The molecule has 124 valence electrons. The van der Waals surface area contributed by atoms with E-state index >= 15 is 0 Å². The van der Waals surface area contributed by atoms with Crippen molar-refractivity contribution in [3.63, 3.8) is 0 Å². The third kappa shape index (κ3) is 17.6. The highest BCUT2D eigenvalue weighted by molar-refractivity contribution is 7.86. The molecule has 9 heteroatoms. The Kier molecular flexibility index (Phi) is 12.3. The van der Waals surface area contributed by atoms with Crippen LogP contribution in [0, 0.1) is 0 Å². The standard InChI is InChI=1S/C9H16F4O3S.C2H7N/c10-8(17(14,15)16)6-4-2-1-3-5-7-9(11,12)13;1-3-2/h8H,1-7H2,(H,14,15,16);3H,1-2H3. The van der Waals surface area contributed by atoms with Crippen molar-refractivity contribution in [3.05, 3.63) is 0 Å². The van der Waals surface area contributed by atoms with Gasteiger partial charge < -0.3 is 5.32 Å². The third-order valence-electron chi connectivity index (χ3n) is 2.21. The van der Waals surface area contributed by atoms with Gasteiger partial charge in [0.05, 0.1) is 0 Å². The van der Waals surface area contributed by atoms with Gasteiger partial charge in [0.25, 0.3) is 10.1 Å². The molecule has 1 atom stereocenters. The second-order valence-electron chi connectivity index (χ2n) is 4.35. The molecule has 2 N–H and O–H groups in total. The van der Waals surface area contributed by atoms with Crippen molar-refractivity contribution in [3.8, 4) is 0 Å². The Hall–Kier alpha value is -0.410. The molecule has 4 nitrogen and oxygen atoms in total. The van der Waals surface area contributed by atoms with Gasteiger partial charge in [0.1, 0.15) is 0 Å². The Morgan fingerprint density at radius 3 is 1.85 bits per heavy atom. The molecule has 0 aromatic carbocycles. The van der Waals surface area contributed by atoms with E-state index in [4.69, 9.17) is 4.55 Å². The van der Waals surface area contributed by atoms with Gasteiger partial charge in [-0.25, -0.2) is 4.39 Å². The molecule has 0 saturated heterocycles. The lowest BCUT2D eigenvalue weighted by molar-refractivity contribution is -0.135. The predicted octanol–water partition coefficient (Wildman–Crippen LogP) is 3.30. The molecule has 0 aromatic heterocycles. The number of alkyl halides is 4. The summed E-state index contributed by atoms with van der Waals surface area (Å²) in [6, 6.07) is 0. The Morgan fingerprint density at radius 2 is 1.45 bits per heavy atom. The molecule has 1 unspecified atom stereocenters. The average molecular weight is 325 g/mol. The van der Waals surface area contributed by atoms with Crippen molar-refractivity contribution >= 4 is 10.1 Å². The Balaban J connectivity index is 0. The molecule has 0 fully saturated rings. The summed E-state index contributed by atoms with van der Waals surface area (Å²) >= 11 is 0. The van der Waals surface area contributed by atoms with Gasteiger partial charge in [-0.1, -0.05) is 19.3 Å². The van der Waals surface area contributed by atoms with Gasteiger partial charge in [-0.15, -0.1) is 0 Å². The van der Waals surface area contributed by atoms with Crippen molar-refractivity contribution in [1.29, 1.82) is 0 Å². The smallest absolute Gasteiger partial charge is 0.323 e. The zero-order valence-electron chi connectivity index (χ0n) is 11.7. The fraction of sp³-hybridized carbons (Fsp3) is 1.00. The largest absolute Gasteiger partial charge is 0.389 e. The van der Waals surface area contributed by atoms with Crippen LogP contribution in [0.15, 0.2) is 0 Å². The van der Waals surface area contributed by atoms with Crippen LogP contribution < -0.4 is 5.32 Å². The first-order chi connectivity index (χ1) is 9.04. The van der Waals surface area contributed by atoms with E-state index in [1.165, 1.54) is 0 Å². The maximum Gasteiger partial charge on any atom is 0.389 e. The third-order valence-corrected chi connectivity index (χ3v) is 3.10. The van der Waals surface area contributed by atoms with Crippen molar-refractivity contribution < 1.29 is 30.5 Å². The maximum absolute atomic E-state index is 12.7. The number of unbranched alkanes of at least 4 members (excludes halogenated alkanes) is 4. The van der Waals surface area contributed by atoms with E-state index in [0.717, 1.165) is 0 Å². The molecule has 0 aliphatic heterocycles. The summed E-state index contributed by atoms with van der Waals surface area (Å²) < 4.78 is 76.6. The molecule has 0 aromatic rings. The highest BCUT2D eigenvalue weighted by atomic mass is 32.2. The topological polar surface area (TPSA) is 66.4 Å². The highest BCUT2D eigenvalue weighted by Crippen LogP contribution is 2.23. The zero-order valence-corrected chi connectivity index (χ0v) is 12.5. The highest BCUT2D eigenvalue weighted by Gasteiger charge is 2.25. The van der Waals surface area contributed by atoms with Gasteiger partial charge >= 0.3 is 6.18 Å². The van der Waals surface area contributed by atoms with Crippen LogP contribution in [0.25, 0.3) is 0 Å². The van der Waals surface area contributed by atoms with Crippen molar-refractivity contribution in [2.45, 2.75) is 56.6 Å². The number of halogens is 4. The van der Waals surface area contributed by atoms with Crippen molar-refractivity contribution in [1.82, 2.24) is 5.32 Å². The van der Waals surface area contributed by atoms with Crippen LogP contribution in [-0.4, -0.2) is 38.7 Å². The Morgan fingerprint density at radius 1 is 1.05 bits per heavy atom. The summed E-state index contributed by atoms with van der Waals surface area (Å²) in [5, 5.41) is 2.75. The molecule has 0 aliphatic carbocycles. The zero-order chi connectivity index (χ0) is 16.2. The summed E-state index contributed by atoms with van der Waals surface area (Å²) in [5.74, 6) is 0. The van der Waals surface area contributed by atoms with Gasteiger partial charge in [0, 0.05) is 6.42 Å². The lowest BCUT2D eigenvalue weighted by Gasteiger charge is -2.06. The number of nitrogens with one attached hydrogen (secondary N) is 1. The van der Waals surface area contributed by atoms with Gasteiger partial charge in [0.15, 0.2) is 0 Å². The molecule has 0 rings (SSSR count). The number of hydrogen-bond donors (Lipinski definition) is 2. The minimum absolute atomic E-state index is 0.0286. The molecular weight excluding hydrogens is 302 g/mol. The van der Waals surface area contributed by atoms with Crippen LogP contribution >= 0.6 is 0 Å². The molecule has 0 radical (unpaired) electrons. The van der Waals surface area contributed by atoms with E-state index in [0.29, 0.717) is 19.3 Å². The van der Waals surface area contributed by atoms with E-state index in [9.17, 15) is 26.0 Å². The van der Waals surface area contributed by atoms with Crippen LogP contribution in [-0.2, 0) is 10.1 Å². The van der Waals surface area contributed by atoms with Crippen LogP contribution in [0.4, 0.5) is 17.6 Å². The van der Waals surface area contributed by atoms with Crippen LogP contribution in [0.2, 0.25) is 0 Å². The predicted molar refractivity (Wildman–Crippen MR) is 69.8 cm³/mol. The van der Waals surface area contributed by atoms with E-state index in [1.54, 1.807) is 0 Å². The van der Waals surface area contributed by atoms with E-state index in [1.807, 2.05) is 14.1 Å². The lowest BCUT2D eigenvalue weighted by Crippen LogP contribution is -2.14. The van der Waals surface area contributed by atoms with E-state index in [-0.39, 0.29) is 19.3 Å². The fourth-order valence-electron chi connectivity index (χ4n) is 1.31. The normalized spacial score (nSPS) is 13.6. The number of rotatable bonds is 8. The Bertz CT molecular complexity index is 320. The van der Waals surface area contributed by atoms with Gasteiger partial charge in [-0.3, -0.25) is 4.55 Å². The van der Waals surface area contributed by atoms with Gasteiger partial charge in [-0.05, 0) is 33.4 Å². The molecule has 0 heterocycles. The monoisotopic (exact) mass is 325 g/mol. The van der Waals surface area contributed by atoms with Crippen LogP contribution in [0.5, 0.6) is 0 Å². The van der Waals surface area contributed by atoms with E-state index < -0.39 is 28.2 Å². The summed E-state index contributed by atoms with van der Waals surface area (Å²) in [5.41, 5.74) is -2.29. The Labute approximate surface area is 117 Å². The van der Waals surface area contributed by atoms with Gasteiger partial charge in [0.2, 0.25) is 5.50 Å². The molecule has 0 saturated carbocycles. The van der Waals surface area contributed by atoms with Gasteiger partial charge in [-0.2, -0.15) is 21.6 Å². The molecule has 0 spiro atoms. The molecule has 0 bridgehead atoms. The minimum atomic E-state index is -4.64. The van der Waals surface area contributed by atoms with Crippen molar-refractivity contribution in [2.75, 3.05) is 14.1 Å². The first-order valence-electron chi connectivity index (χ1n) is 6.30.